The third kappa shape index (κ3) is 3.38. The number of aromatic nitrogens is 2. The topological polar surface area (TPSA) is 60.9 Å². The molecular formula is C16H25N3O. The number of imidazole rings is 1. The van der Waals surface area contributed by atoms with Gasteiger partial charge in [-0.3, -0.25) is 0 Å². The number of hydrogen-bond acceptors (Lipinski definition) is 3. The zero-order valence-electron chi connectivity index (χ0n) is 12.6. The first kappa shape index (κ1) is 15.0. The number of rotatable bonds is 3. The van der Waals surface area contributed by atoms with Crippen molar-refractivity contribution in [3.63, 3.8) is 0 Å². The number of aryl methyl sites for hydroxylation is 1. The van der Waals surface area contributed by atoms with Crippen molar-refractivity contribution >= 4 is 11.0 Å². The first-order chi connectivity index (χ1) is 9.72. The Balaban J connectivity index is 0.000000704. The molecule has 3 N–H and O–H groups in total. The highest BCUT2D eigenvalue weighted by atomic mass is 16.3. The standard InChI is InChI=1S/C14H19N3O.C2H6/c1-9-16-11-6-5-10(7-13(11)17-9)8-15-12-3-2-4-14(12)18;1-2/h5-7,12,14-15,18H,2-4,8H2,1H3,(H,16,17);1-2H3. The van der Waals surface area contributed by atoms with Gasteiger partial charge in [-0.05, 0) is 43.9 Å². The van der Waals surface area contributed by atoms with Gasteiger partial charge in [-0.25, -0.2) is 4.98 Å². The van der Waals surface area contributed by atoms with Crippen LogP contribution in [0.1, 0.15) is 44.5 Å². The Kier molecular flexibility index (Phi) is 5.15. The highest BCUT2D eigenvalue weighted by molar-refractivity contribution is 5.75. The Hall–Kier alpha value is -1.39. The van der Waals surface area contributed by atoms with Crippen LogP contribution < -0.4 is 5.32 Å². The normalized spacial score (nSPS) is 21.8. The molecule has 4 heteroatoms. The Labute approximate surface area is 120 Å². The second-order valence-corrected chi connectivity index (χ2v) is 5.16. The third-order valence-corrected chi connectivity index (χ3v) is 3.71. The molecule has 4 nitrogen and oxygen atoms in total. The van der Waals surface area contributed by atoms with Gasteiger partial charge < -0.3 is 15.4 Å². The predicted molar refractivity (Wildman–Crippen MR) is 82.7 cm³/mol. The fourth-order valence-electron chi connectivity index (χ4n) is 2.72. The van der Waals surface area contributed by atoms with Gasteiger partial charge in [-0.2, -0.15) is 0 Å². The van der Waals surface area contributed by atoms with E-state index in [1.807, 2.05) is 26.8 Å². The number of nitrogens with zero attached hydrogens (tertiary/aromatic N) is 1. The molecular weight excluding hydrogens is 250 g/mol. The van der Waals surface area contributed by atoms with Crippen molar-refractivity contribution in [1.82, 2.24) is 15.3 Å². The van der Waals surface area contributed by atoms with Crippen molar-refractivity contribution in [2.45, 2.75) is 58.7 Å². The lowest BCUT2D eigenvalue weighted by atomic mass is 10.1. The van der Waals surface area contributed by atoms with Gasteiger partial charge in [0.1, 0.15) is 5.82 Å². The molecule has 20 heavy (non-hydrogen) atoms. The van der Waals surface area contributed by atoms with Gasteiger partial charge in [0.05, 0.1) is 17.1 Å². The van der Waals surface area contributed by atoms with E-state index in [1.54, 1.807) is 0 Å². The maximum atomic E-state index is 9.76. The number of fused-ring (bicyclic) bond motifs is 1. The molecule has 110 valence electrons. The molecule has 1 aliphatic carbocycles. The van der Waals surface area contributed by atoms with Crippen LogP contribution in [0, 0.1) is 6.92 Å². The van der Waals surface area contributed by atoms with E-state index in [0.29, 0.717) is 0 Å². The molecule has 1 heterocycles. The number of aromatic amines is 1. The number of hydrogen-bond donors (Lipinski definition) is 3. The lowest BCUT2D eigenvalue weighted by molar-refractivity contribution is 0.148. The summed E-state index contributed by atoms with van der Waals surface area (Å²) in [5.74, 6) is 0.946. The van der Waals surface area contributed by atoms with Crippen LogP contribution in [0.2, 0.25) is 0 Å². The van der Waals surface area contributed by atoms with E-state index in [1.165, 1.54) is 5.56 Å². The number of benzene rings is 1. The molecule has 0 amide bonds. The van der Waals surface area contributed by atoms with Crippen molar-refractivity contribution < 1.29 is 5.11 Å². The maximum Gasteiger partial charge on any atom is 0.104 e. The van der Waals surface area contributed by atoms with Crippen LogP contribution in [0.3, 0.4) is 0 Å². The summed E-state index contributed by atoms with van der Waals surface area (Å²) in [6.45, 7) is 6.77. The lowest BCUT2D eigenvalue weighted by Crippen LogP contribution is -2.34. The fourth-order valence-corrected chi connectivity index (χ4v) is 2.72. The minimum Gasteiger partial charge on any atom is -0.392 e. The Morgan fingerprint density at radius 1 is 1.35 bits per heavy atom. The molecule has 1 aromatic heterocycles. The number of aliphatic hydroxyl groups is 1. The lowest BCUT2D eigenvalue weighted by Gasteiger charge is -2.16. The van der Waals surface area contributed by atoms with Crippen LogP contribution in [-0.2, 0) is 6.54 Å². The summed E-state index contributed by atoms with van der Waals surface area (Å²) in [4.78, 5) is 7.64. The van der Waals surface area contributed by atoms with Crippen LogP contribution in [-0.4, -0.2) is 27.2 Å². The molecule has 1 saturated carbocycles. The number of H-pyrrole nitrogens is 1. The second-order valence-electron chi connectivity index (χ2n) is 5.16. The van der Waals surface area contributed by atoms with Crippen LogP contribution in [0.15, 0.2) is 18.2 Å². The van der Waals surface area contributed by atoms with Crippen LogP contribution >= 0.6 is 0 Å². The SMILES string of the molecule is CC.Cc1nc2ccc(CNC3CCCC3O)cc2[nH]1. The maximum absolute atomic E-state index is 9.76. The Morgan fingerprint density at radius 3 is 2.85 bits per heavy atom. The van der Waals surface area contributed by atoms with Crippen molar-refractivity contribution in [2.75, 3.05) is 0 Å². The molecule has 2 atom stereocenters. The van der Waals surface area contributed by atoms with Gasteiger partial charge in [0.25, 0.3) is 0 Å². The first-order valence-corrected chi connectivity index (χ1v) is 7.59. The van der Waals surface area contributed by atoms with Gasteiger partial charge in [-0.15, -0.1) is 0 Å². The summed E-state index contributed by atoms with van der Waals surface area (Å²) in [7, 11) is 0. The molecule has 0 aliphatic heterocycles. The Morgan fingerprint density at radius 2 is 2.15 bits per heavy atom. The molecule has 2 unspecified atom stereocenters. The van der Waals surface area contributed by atoms with E-state index in [4.69, 9.17) is 0 Å². The zero-order valence-corrected chi connectivity index (χ0v) is 12.6. The van der Waals surface area contributed by atoms with Gasteiger partial charge in [0, 0.05) is 12.6 Å². The van der Waals surface area contributed by atoms with Crippen LogP contribution in [0.4, 0.5) is 0 Å². The molecule has 1 aliphatic rings. The van der Waals surface area contributed by atoms with E-state index in [-0.39, 0.29) is 12.1 Å². The largest absolute Gasteiger partial charge is 0.392 e. The van der Waals surface area contributed by atoms with Crippen molar-refractivity contribution in [3.05, 3.63) is 29.6 Å². The van der Waals surface area contributed by atoms with E-state index in [2.05, 4.69) is 27.4 Å². The summed E-state index contributed by atoms with van der Waals surface area (Å²) < 4.78 is 0. The average Bonchev–Trinajstić information content (AvgIpc) is 3.03. The van der Waals surface area contributed by atoms with Gasteiger partial charge in [-0.1, -0.05) is 19.9 Å². The van der Waals surface area contributed by atoms with Crippen molar-refractivity contribution in [2.24, 2.45) is 0 Å². The molecule has 1 fully saturated rings. The molecule has 0 saturated heterocycles. The second kappa shape index (κ2) is 6.86. The van der Waals surface area contributed by atoms with Gasteiger partial charge in [0.15, 0.2) is 0 Å². The number of nitrogens with one attached hydrogen (secondary N) is 2. The van der Waals surface area contributed by atoms with Crippen molar-refractivity contribution in [1.29, 1.82) is 0 Å². The molecule has 0 bridgehead atoms. The average molecular weight is 275 g/mol. The third-order valence-electron chi connectivity index (χ3n) is 3.71. The predicted octanol–water partition coefficient (Wildman–Crippen LogP) is 2.90. The minimum absolute atomic E-state index is 0.178. The van der Waals surface area contributed by atoms with E-state index in [9.17, 15) is 5.11 Å². The minimum atomic E-state index is -0.178. The highest BCUT2D eigenvalue weighted by Gasteiger charge is 2.24. The molecule has 0 spiro atoms. The summed E-state index contributed by atoms with van der Waals surface area (Å²) >= 11 is 0. The molecule has 3 rings (SSSR count). The first-order valence-electron chi connectivity index (χ1n) is 7.59. The summed E-state index contributed by atoms with van der Waals surface area (Å²) in [6.07, 6.45) is 2.95. The monoisotopic (exact) mass is 275 g/mol. The highest BCUT2D eigenvalue weighted by Crippen LogP contribution is 2.20. The quantitative estimate of drug-likeness (QED) is 0.807. The van der Waals surface area contributed by atoms with E-state index in [0.717, 1.165) is 42.7 Å². The van der Waals surface area contributed by atoms with E-state index >= 15 is 0 Å². The zero-order chi connectivity index (χ0) is 14.5. The van der Waals surface area contributed by atoms with Crippen molar-refractivity contribution in [3.8, 4) is 0 Å². The Bertz CT molecular complexity index is 550. The van der Waals surface area contributed by atoms with Crippen LogP contribution in [0.5, 0.6) is 0 Å². The smallest absolute Gasteiger partial charge is 0.104 e. The summed E-state index contributed by atoms with van der Waals surface area (Å²) in [6, 6.07) is 6.52. The molecule has 2 aromatic rings. The van der Waals surface area contributed by atoms with Crippen LogP contribution in [0.25, 0.3) is 11.0 Å². The summed E-state index contributed by atoms with van der Waals surface area (Å²) in [5.41, 5.74) is 3.32. The molecule has 1 aromatic carbocycles. The van der Waals surface area contributed by atoms with Gasteiger partial charge >= 0.3 is 0 Å². The van der Waals surface area contributed by atoms with Gasteiger partial charge in [0.2, 0.25) is 0 Å². The number of aliphatic hydroxyl groups excluding tert-OH is 1. The molecule has 0 radical (unpaired) electrons. The summed E-state index contributed by atoms with van der Waals surface area (Å²) in [5, 5.41) is 13.2. The fraction of sp³-hybridized carbons (Fsp3) is 0.562. The van der Waals surface area contributed by atoms with E-state index < -0.39 is 0 Å².